The normalized spacial score (nSPS) is 19.0. The molecule has 59 heteroatoms. The van der Waals surface area contributed by atoms with Gasteiger partial charge in [0, 0.05) is 51.9 Å². The van der Waals surface area contributed by atoms with E-state index in [4.69, 9.17) is 22.6 Å². The molecule has 20 atom stereocenters. The fraction of sp³-hybridized carbons (Fsp3) is 0.679. The first-order chi connectivity index (χ1) is 64.5. The Bertz CT molecular complexity index is 4370. The number of carboxylic acids is 4. The van der Waals surface area contributed by atoms with Crippen LogP contribution in [0.15, 0.2) is 0 Å². The van der Waals surface area contributed by atoms with E-state index >= 15 is 0 Å². The number of carbonyl (C=O) groups excluding carboxylic acids is 20. The van der Waals surface area contributed by atoms with Crippen LogP contribution in [0, 0.1) is 5.41 Å². The summed E-state index contributed by atoms with van der Waals surface area (Å²) in [6.45, 7) is -3.73. The molecule has 0 spiro atoms. The van der Waals surface area contributed by atoms with Gasteiger partial charge in [0.25, 0.3) is 0 Å². The number of hydrogen-bond acceptors (Lipinski definition) is 33. The van der Waals surface area contributed by atoms with Crippen molar-refractivity contribution in [1.82, 2.24) is 105 Å². The minimum atomic E-state index is -2.14. The number of hydrogen-bond donors (Lipinski definition) is 32. The maximum absolute atomic E-state index is 14.4. The highest BCUT2D eigenvalue weighted by Crippen LogP contribution is 2.24. The number of amides is 20. The first-order valence-electron chi connectivity index (χ1n) is 43.6. The molecule has 4 saturated heterocycles. The second-order valence-corrected chi connectivity index (χ2v) is 32.6. The lowest BCUT2D eigenvalue weighted by atomic mass is 10.0. The average Bonchev–Trinajstić information content (AvgIpc) is 1.70. The molecule has 4 rings (SSSR count). The van der Waals surface area contributed by atoms with Crippen molar-refractivity contribution in [2.45, 2.75) is 264 Å². The Labute approximate surface area is 780 Å². The Hall–Kier alpha value is -13.8. The molecule has 35 N–H and O–H groups in total. The van der Waals surface area contributed by atoms with Crippen LogP contribution < -0.4 is 108 Å². The van der Waals surface area contributed by atoms with Gasteiger partial charge in [-0.1, -0.05) is 0 Å². The van der Waals surface area contributed by atoms with Crippen LogP contribution in [0.5, 0.6) is 0 Å². The van der Waals surface area contributed by atoms with Crippen molar-refractivity contribution in [3.05, 3.63) is 0 Å². The van der Waals surface area contributed by atoms with Crippen LogP contribution in [-0.4, -0.2) is 412 Å². The predicted molar refractivity (Wildman–Crippen MR) is 459 cm³/mol. The summed E-state index contributed by atoms with van der Waals surface area (Å²) in [6, 6.07) is -31.3. The van der Waals surface area contributed by atoms with Crippen LogP contribution in [0.25, 0.3) is 0 Å². The molecular formula is C78H124N24O35. The third-order valence-electron chi connectivity index (χ3n) is 22.0. The molecule has 0 bridgehead atoms. The Morgan fingerprint density at radius 1 is 0.358 bits per heavy atom. The highest BCUT2D eigenvalue weighted by atomic mass is 16.4. The van der Waals surface area contributed by atoms with E-state index in [0.717, 1.165) is 35.5 Å². The first-order valence-corrected chi connectivity index (χ1v) is 43.6. The molecule has 4 heterocycles. The van der Waals surface area contributed by atoms with Crippen LogP contribution >= 0.6 is 0 Å². The van der Waals surface area contributed by atoms with Crippen LogP contribution in [0.3, 0.4) is 0 Å². The molecule has 0 aromatic heterocycles. The monoisotopic (exact) mass is 1960 g/mol. The van der Waals surface area contributed by atoms with E-state index in [1.54, 1.807) is 0 Å². The maximum Gasteiger partial charge on any atom is 0.328 e. The molecule has 137 heavy (non-hydrogen) atoms. The third kappa shape index (κ3) is 37.4. The molecule has 0 saturated carbocycles. The molecule has 766 valence electrons. The van der Waals surface area contributed by atoms with E-state index in [1.165, 1.54) is 0 Å². The number of likely N-dealkylation sites (tertiary alicyclic amines) is 3. The fourth-order valence-electron chi connectivity index (χ4n) is 14.7. The third-order valence-corrected chi connectivity index (χ3v) is 22.0. The zero-order valence-electron chi connectivity index (χ0n) is 75.1. The molecule has 4 fully saturated rings. The van der Waals surface area contributed by atoms with Crippen LogP contribution in [-0.2, 0) is 115 Å². The summed E-state index contributed by atoms with van der Waals surface area (Å²) in [7, 11) is 0. The van der Waals surface area contributed by atoms with Gasteiger partial charge in [-0.05, 0) is 117 Å². The second-order valence-electron chi connectivity index (χ2n) is 32.6. The highest BCUT2D eigenvalue weighted by Gasteiger charge is 2.46. The molecule has 0 aliphatic carbocycles. The van der Waals surface area contributed by atoms with E-state index in [9.17, 15) is 171 Å². The number of aliphatic hydroxyl groups is 7. The van der Waals surface area contributed by atoms with E-state index in [0.29, 0.717) is 19.4 Å². The van der Waals surface area contributed by atoms with Crippen molar-refractivity contribution in [2.75, 3.05) is 72.3 Å². The molecule has 4 aliphatic rings. The van der Waals surface area contributed by atoms with E-state index in [2.05, 4.69) is 74.4 Å². The van der Waals surface area contributed by atoms with Gasteiger partial charge in [-0.25, -0.2) is 4.79 Å². The topological polar surface area (TPSA) is 948 Å². The minimum absolute atomic E-state index is 0.0856. The number of nitrogens with zero attached hydrogens (tertiary/aromatic N) is 3. The summed E-state index contributed by atoms with van der Waals surface area (Å²) >= 11 is 0. The van der Waals surface area contributed by atoms with Crippen LogP contribution in [0.4, 0.5) is 0 Å². The van der Waals surface area contributed by atoms with Crippen molar-refractivity contribution in [1.29, 1.82) is 5.41 Å². The van der Waals surface area contributed by atoms with Crippen molar-refractivity contribution in [2.24, 2.45) is 17.2 Å². The predicted octanol–water partition coefficient (Wildman–Crippen LogP) is -17.6. The van der Waals surface area contributed by atoms with Crippen LogP contribution in [0.1, 0.15) is 143 Å². The van der Waals surface area contributed by atoms with Crippen molar-refractivity contribution in [3.63, 3.8) is 0 Å². The Kier molecular flexibility index (Phi) is 48.2. The van der Waals surface area contributed by atoms with Gasteiger partial charge in [0.15, 0.2) is 5.96 Å². The zero-order valence-corrected chi connectivity index (χ0v) is 75.1. The Morgan fingerprint density at radius 3 is 1.12 bits per heavy atom. The molecule has 20 amide bonds. The number of guanidine groups is 1. The number of carbonyl (C=O) groups is 24. The summed E-state index contributed by atoms with van der Waals surface area (Å²) < 4.78 is 0. The van der Waals surface area contributed by atoms with Crippen molar-refractivity contribution < 1.29 is 171 Å². The number of aliphatic hydroxyl groups excluding tert-OH is 7. The lowest BCUT2D eigenvalue weighted by Gasteiger charge is -2.30. The number of nitrogens with one attached hydrogen (secondary N) is 18. The van der Waals surface area contributed by atoms with Gasteiger partial charge in [-0.2, -0.15) is 0 Å². The van der Waals surface area contributed by atoms with E-state index < -0.39 is 373 Å². The second kappa shape index (κ2) is 57.2. The largest absolute Gasteiger partial charge is 0.481 e. The maximum atomic E-state index is 14.4. The Morgan fingerprint density at radius 2 is 0.708 bits per heavy atom. The lowest BCUT2D eigenvalue weighted by Crippen LogP contribution is -2.61. The molecule has 0 radical (unpaired) electrons. The Balaban J connectivity index is 1.46. The SMILES string of the molecule is C[C@H](NC(=O)[C@H](CO)NC(=O)[C@@H]1CCCN1C(=O)[C@H](CCC(N)=O)NC(=O)CNC(=O)[C@@H](NC(=O)[C@H](CCCNC(=N)N)NC(=O)[C@H](CCC(N)=O)NC(=O)[C@H](CCC(=O)O)NC(=O)[C@@H]1CCCN1C(=O)[C@H](CO)NC(=O)[C@H](CO)NC(=O)[C@H](CO)NC(=O)[C@@H]1CCCN1)[C@@H](C)O)C(=O)N1CCC[C@H]1C(=O)N[C@@H](CCC(=O)O)C(=O)N[C@@H](CC(=O)O)C(=O)N[C@H](C(=O)N[C@@H](CO)C(=O)O)[C@@H](C)O. The van der Waals surface area contributed by atoms with E-state index in [-0.39, 0.29) is 71.1 Å². The summed E-state index contributed by atoms with van der Waals surface area (Å²) in [4.78, 5) is 323. The van der Waals surface area contributed by atoms with Crippen molar-refractivity contribution >= 4 is 148 Å². The summed E-state index contributed by atoms with van der Waals surface area (Å²) in [5.41, 5.74) is 16.3. The van der Waals surface area contributed by atoms with Gasteiger partial charge >= 0.3 is 23.9 Å². The van der Waals surface area contributed by atoms with Gasteiger partial charge < -0.3 is 178 Å². The minimum Gasteiger partial charge on any atom is -0.481 e. The molecule has 0 aromatic carbocycles. The van der Waals surface area contributed by atoms with Gasteiger partial charge in [0.05, 0.1) is 64.2 Å². The first kappa shape index (κ1) is 116. The number of nitrogens with two attached hydrogens (primary N) is 3. The van der Waals surface area contributed by atoms with Gasteiger partial charge in [0.1, 0.15) is 103 Å². The standard InChI is InChI=1S/C78H124N24O35/c1-34(74(133)100-24-6-11-49(100)69(128)91-41(17-21-56(115)116)63(122)92-43(27-57(117)118)65(124)99-59(36(3)109)73(132)97-48(33-107)77(136)137)86-66(125)44(29-103)95-71(130)51-13-7-25-101(51)75(134)42(15-19-53(80)111)87-54(112)28-85-72(131)58(35(2)108)98-64(123)38(10-5-23-84-78(81)82)88-61(120)39(14-18-52(79)110)89-62(121)40(16-20-55(113)114)90-70(129)50-12-8-26-102(50)76(135)47(32-106)96-68(127)46(31-105)94-67(126)45(30-104)93-60(119)37-9-4-22-83-37/h34-51,58-59,83,103-109H,4-33H2,1-3H3,(H2,79,110)(H2,80,111)(H,85,131)(H,86,125)(H,87,112)(H,88,120)(H,89,121)(H,90,129)(H,91,128)(H,92,122)(H,93,119)(H,94,126)(H,95,130)(H,96,127)(H,97,132)(H,98,123)(H,99,124)(H,113,114)(H,115,116)(H,117,118)(H,136,137)(H4,81,82,84)/t34-,35+,36+,37-,38-,39-,40-,41-,42-,43-,44-,45-,46-,47-,48-,49-,50-,51-,58-,59-/m0/s1. The molecular weight excluding hydrogens is 1830 g/mol. The fourth-order valence-corrected chi connectivity index (χ4v) is 14.7. The summed E-state index contributed by atoms with van der Waals surface area (Å²) in [5, 5.41) is 155. The zero-order chi connectivity index (χ0) is 103. The smallest absolute Gasteiger partial charge is 0.328 e. The van der Waals surface area contributed by atoms with Gasteiger partial charge in [0.2, 0.25) is 118 Å². The quantitative estimate of drug-likeness (QED) is 0.0153. The average molecular weight is 1960 g/mol. The summed E-state index contributed by atoms with van der Waals surface area (Å²) in [5.74, 6) is -30.3. The number of carboxylic acid groups (broad SMARTS) is 4. The molecule has 4 aliphatic heterocycles. The number of primary amides is 2. The van der Waals surface area contributed by atoms with Gasteiger partial charge in [-0.15, -0.1) is 0 Å². The molecule has 59 nitrogen and oxygen atoms in total. The number of rotatable bonds is 59. The number of aliphatic carboxylic acids is 4. The van der Waals surface area contributed by atoms with Crippen LogP contribution in [0.2, 0.25) is 0 Å². The lowest BCUT2D eigenvalue weighted by molar-refractivity contribution is -0.145. The van der Waals surface area contributed by atoms with E-state index in [1.807, 2.05) is 16.0 Å². The van der Waals surface area contributed by atoms with Crippen molar-refractivity contribution in [3.8, 4) is 0 Å². The molecule has 0 unspecified atom stereocenters. The molecule has 0 aromatic rings. The highest BCUT2D eigenvalue weighted by molar-refractivity contribution is 6.03. The van der Waals surface area contributed by atoms with Gasteiger partial charge in [-0.3, -0.25) is 116 Å². The summed E-state index contributed by atoms with van der Waals surface area (Å²) in [6.07, 6.45) is -10.1.